The zero-order valence-electron chi connectivity index (χ0n) is 12.7. The van der Waals surface area contributed by atoms with E-state index in [2.05, 4.69) is 42.9 Å². The van der Waals surface area contributed by atoms with Crippen LogP contribution in [0.5, 0.6) is 0 Å². The first kappa shape index (κ1) is 14.3. The maximum absolute atomic E-state index is 3.58. The van der Waals surface area contributed by atoms with E-state index in [1.165, 1.54) is 52.1 Å². The van der Waals surface area contributed by atoms with Gasteiger partial charge in [0.1, 0.15) is 0 Å². The van der Waals surface area contributed by atoms with E-state index in [1.54, 1.807) is 0 Å². The summed E-state index contributed by atoms with van der Waals surface area (Å²) < 4.78 is 0. The van der Waals surface area contributed by atoms with E-state index < -0.39 is 0 Å². The molecule has 3 nitrogen and oxygen atoms in total. The second-order valence-electron chi connectivity index (χ2n) is 6.72. The van der Waals surface area contributed by atoms with Crippen LogP contribution < -0.4 is 5.32 Å². The van der Waals surface area contributed by atoms with Crippen molar-refractivity contribution in [1.29, 1.82) is 0 Å². The minimum Gasteiger partial charge on any atom is -0.316 e. The molecule has 2 aliphatic heterocycles. The van der Waals surface area contributed by atoms with Crippen LogP contribution in [0, 0.1) is 11.3 Å². The van der Waals surface area contributed by atoms with Crippen molar-refractivity contribution in [3.8, 4) is 0 Å². The van der Waals surface area contributed by atoms with Gasteiger partial charge in [-0.15, -0.1) is 0 Å². The molecular weight excluding hydrogens is 222 g/mol. The van der Waals surface area contributed by atoms with Gasteiger partial charge in [0.25, 0.3) is 0 Å². The molecule has 2 saturated heterocycles. The summed E-state index contributed by atoms with van der Waals surface area (Å²) in [5.74, 6) is 0.784. The smallest absolute Gasteiger partial charge is 0.0218 e. The topological polar surface area (TPSA) is 18.5 Å². The van der Waals surface area contributed by atoms with Gasteiger partial charge in [0.2, 0.25) is 0 Å². The SMILES string of the molecule is CCC1CN(CC2(C(C)C)CCNC2)CCN1C. The lowest BCUT2D eigenvalue weighted by molar-refractivity contribution is 0.0457. The number of nitrogens with zero attached hydrogens (tertiary/aromatic N) is 2. The fourth-order valence-electron chi connectivity index (χ4n) is 3.61. The van der Waals surface area contributed by atoms with Crippen molar-refractivity contribution in [3.63, 3.8) is 0 Å². The first-order valence-corrected chi connectivity index (χ1v) is 7.71. The highest BCUT2D eigenvalue weighted by molar-refractivity contribution is 4.94. The number of hydrogen-bond acceptors (Lipinski definition) is 3. The summed E-state index contributed by atoms with van der Waals surface area (Å²) in [7, 11) is 2.28. The van der Waals surface area contributed by atoms with Crippen LogP contribution in [0.2, 0.25) is 0 Å². The third-order valence-corrected chi connectivity index (χ3v) is 5.37. The molecule has 0 aromatic carbocycles. The van der Waals surface area contributed by atoms with Gasteiger partial charge in [-0.05, 0) is 37.8 Å². The minimum atomic E-state index is 0.522. The summed E-state index contributed by atoms with van der Waals surface area (Å²) in [6.07, 6.45) is 2.63. The normalized spacial score (nSPS) is 35.5. The largest absolute Gasteiger partial charge is 0.316 e. The molecule has 2 heterocycles. The molecule has 2 fully saturated rings. The van der Waals surface area contributed by atoms with E-state index in [0.29, 0.717) is 5.41 Å². The van der Waals surface area contributed by atoms with Crippen molar-refractivity contribution in [2.75, 3.05) is 46.3 Å². The Bertz CT molecular complexity index is 258. The third kappa shape index (κ3) is 2.89. The predicted molar refractivity (Wildman–Crippen MR) is 77.9 cm³/mol. The van der Waals surface area contributed by atoms with Crippen molar-refractivity contribution in [2.45, 2.75) is 39.7 Å². The molecule has 0 aromatic heterocycles. The number of nitrogens with one attached hydrogen (secondary N) is 1. The molecule has 0 spiro atoms. The van der Waals surface area contributed by atoms with Gasteiger partial charge in [0.05, 0.1) is 0 Å². The fourth-order valence-corrected chi connectivity index (χ4v) is 3.61. The number of likely N-dealkylation sites (N-methyl/N-ethyl adjacent to an activating group) is 1. The molecule has 3 heteroatoms. The van der Waals surface area contributed by atoms with Crippen LogP contribution in [0.15, 0.2) is 0 Å². The summed E-state index contributed by atoms with van der Waals surface area (Å²) in [6, 6.07) is 0.761. The molecule has 0 bridgehead atoms. The van der Waals surface area contributed by atoms with Gasteiger partial charge in [0.15, 0.2) is 0 Å². The zero-order valence-corrected chi connectivity index (χ0v) is 12.7. The Kier molecular flexibility index (Phi) is 4.68. The Morgan fingerprint density at radius 1 is 1.33 bits per heavy atom. The monoisotopic (exact) mass is 253 g/mol. The minimum absolute atomic E-state index is 0.522. The van der Waals surface area contributed by atoms with Crippen molar-refractivity contribution in [1.82, 2.24) is 15.1 Å². The Morgan fingerprint density at radius 2 is 2.11 bits per heavy atom. The summed E-state index contributed by atoms with van der Waals surface area (Å²) in [4.78, 5) is 5.26. The third-order valence-electron chi connectivity index (χ3n) is 5.37. The summed E-state index contributed by atoms with van der Waals surface area (Å²) in [5, 5.41) is 3.58. The summed E-state index contributed by atoms with van der Waals surface area (Å²) in [5.41, 5.74) is 0.522. The fraction of sp³-hybridized carbons (Fsp3) is 1.00. The standard InChI is InChI=1S/C15H31N3/c1-5-14-10-18(9-8-17(14)4)12-15(13(2)3)6-7-16-11-15/h13-14,16H,5-12H2,1-4H3. The van der Waals surface area contributed by atoms with E-state index in [-0.39, 0.29) is 0 Å². The Labute approximate surface area is 113 Å². The van der Waals surface area contributed by atoms with Crippen LogP contribution in [0.4, 0.5) is 0 Å². The second-order valence-corrected chi connectivity index (χ2v) is 6.72. The van der Waals surface area contributed by atoms with Gasteiger partial charge in [-0.2, -0.15) is 0 Å². The lowest BCUT2D eigenvalue weighted by atomic mass is 9.76. The molecule has 2 aliphatic rings. The molecule has 2 rings (SSSR count). The molecule has 106 valence electrons. The van der Waals surface area contributed by atoms with Gasteiger partial charge >= 0.3 is 0 Å². The molecule has 0 saturated carbocycles. The second kappa shape index (κ2) is 5.89. The van der Waals surface area contributed by atoms with Gasteiger partial charge in [-0.3, -0.25) is 4.90 Å². The number of piperazine rings is 1. The summed E-state index contributed by atoms with van der Waals surface area (Å²) in [6.45, 7) is 14.6. The zero-order chi connectivity index (χ0) is 13.2. The van der Waals surface area contributed by atoms with Crippen LogP contribution in [0.25, 0.3) is 0 Å². The Balaban J connectivity index is 1.96. The van der Waals surface area contributed by atoms with Gasteiger partial charge < -0.3 is 10.2 Å². The maximum Gasteiger partial charge on any atom is 0.0218 e. The molecule has 1 N–H and O–H groups in total. The highest BCUT2D eigenvalue weighted by Gasteiger charge is 2.39. The van der Waals surface area contributed by atoms with Crippen molar-refractivity contribution >= 4 is 0 Å². The highest BCUT2D eigenvalue weighted by atomic mass is 15.3. The average Bonchev–Trinajstić information content (AvgIpc) is 2.81. The quantitative estimate of drug-likeness (QED) is 0.822. The van der Waals surface area contributed by atoms with Crippen molar-refractivity contribution < 1.29 is 0 Å². The average molecular weight is 253 g/mol. The molecule has 0 aromatic rings. The Hall–Kier alpha value is -0.120. The van der Waals surface area contributed by atoms with E-state index >= 15 is 0 Å². The van der Waals surface area contributed by atoms with E-state index in [9.17, 15) is 0 Å². The first-order chi connectivity index (χ1) is 8.57. The number of rotatable bonds is 4. The molecule has 0 radical (unpaired) electrons. The van der Waals surface area contributed by atoms with Crippen LogP contribution in [0.1, 0.15) is 33.6 Å². The van der Waals surface area contributed by atoms with E-state index in [4.69, 9.17) is 0 Å². The molecule has 0 aliphatic carbocycles. The van der Waals surface area contributed by atoms with Crippen LogP contribution >= 0.6 is 0 Å². The number of hydrogen-bond donors (Lipinski definition) is 1. The molecule has 2 atom stereocenters. The molecule has 0 amide bonds. The summed E-state index contributed by atoms with van der Waals surface area (Å²) >= 11 is 0. The van der Waals surface area contributed by atoms with Crippen LogP contribution in [-0.4, -0.2) is 62.2 Å². The van der Waals surface area contributed by atoms with Gasteiger partial charge in [-0.25, -0.2) is 0 Å². The van der Waals surface area contributed by atoms with Crippen LogP contribution in [0.3, 0.4) is 0 Å². The molecule has 18 heavy (non-hydrogen) atoms. The van der Waals surface area contributed by atoms with E-state index in [1.807, 2.05) is 0 Å². The lowest BCUT2D eigenvalue weighted by Gasteiger charge is -2.44. The predicted octanol–water partition coefficient (Wildman–Crippen LogP) is 1.65. The van der Waals surface area contributed by atoms with Gasteiger partial charge in [-0.1, -0.05) is 20.8 Å². The van der Waals surface area contributed by atoms with E-state index in [0.717, 1.165) is 12.0 Å². The van der Waals surface area contributed by atoms with Crippen molar-refractivity contribution in [3.05, 3.63) is 0 Å². The highest BCUT2D eigenvalue weighted by Crippen LogP contribution is 2.35. The first-order valence-electron chi connectivity index (χ1n) is 7.71. The maximum atomic E-state index is 3.58. The molecule has 2 unspecified atom stereocenters. The molecular formula is C15H31N3. The van der Waals surface area contributed by atoms with Crippen molar-refractivity contribution in [2.24, 2.45) is 11.3 Å². The van der Waals surface area contributed by atoms with Crippen LogP contribution in [-0.2, 0) is 0 Å². The van der Waals surface area contributed by atoms with Gasteiger partial charge in [0, 0.05) is 38.8 Å². The lowest BCUT2D eigenvalue weighted by Crippen LogP contribution is -2.54. The Morgan fingerprint density at radius 3 is 2.67 bits per heavy atom.